The van der Waals surface area contributed by atoms with E-state index in [9.17, 15) is 39.6 Å². The van der Waals surface area contributed by atoms with Gasteiger partial charge in [-0.15, -0.1) is 0 Å². The zero-order valence-electron chi connectivity index (χ0n) is 22.5. The van der Waals surface area contributed by atoms with Gasteiger partial charge in [-0.3, -0.25) is 19.2 Å². The summed E-state index contributed by atoms with van der Waals surface area (Å²) in [6.45, 7) is 5.61. The van der Waals surface area contributed by atoms with E-state index in [1.807, 2.05) is 20.8 Å². The number of hydrogen-bond donors (Lipinski definition) is 7. The van der Waals surface area contributed by atoms with Crippen LogP contribution in [0.4, 0.5) is 11.4 Å². The third-order valence-corrected chi connectivity index (χ3v) is 7.57. The van der Waals surface area contributed by atoms with Gasteiger partial charge in [-0.05, 0) is 51.2 Å². The molecule has 39 heavy (non-hydrogen) atoms. The van der Waals surface area contributed by atoms with E-state index < -0.39 is 63.7 Å². The topological polar surface area (TPSA) is 203 Å². The Hall–Kier alpha value is -3.90. The lowest BCUT2D eigenvalue weighted by molar-refractivity contribution is -0.144. The predicted molar refractivity (Wildman–Crippen MR) is 142 cm³/mol. The molecule has 0 aliphatic heterocycles. The first-order valence-corrected chi connectivity index (χ1v) is 12.6. The molecule has 3 atom stereocenters. The average molecular weight is 543 g/mol. The van der Waals surface area contributed by atoms with E-state index in [1.165, 1.54) is 0 Å². The van der Waals surface area contributed by atoms with Crippen molar-refractivity contribution in [3.63, 3.8) is 0 Å². The highest BCUT2D eigenvalue weighted by molar-refractivity contribution is 6.24. The first kappa shape index (κ1) is 28.1. The molecule has 0 fully saturated rings. The van der Waals surface area contributed by atoms with Gasteiger partial charge in [0.1, 0.15) is 17.1 Å². The van der Waals surface area contributed by atoms with Crippen molar-refractivity contribution in [3.05, 3.63) is 39.9 Å². The summed E-state index contributed by atoms with van der Waals surface area (Å²) in [6, 6.07) is 1.56. The van der Waals surface area contributed by atoms with Crippen LogP contribution in [0, 0.1) is 11.8 Å². The summed E-state index contributed by atoms with van der Waals surface area (Å²) in [5, 5.41) is 49.7. The molecule has 0 radical (unpaired) electrons. The fourth-order valence-corrected chi connectivity index (χ4v) is 5.70. The van der Waals surface area contributed by atoms with Crippen molar-refractivity contribution in [2.24, 2.45) is 17.6 Å². The molecule has 0 heterocycles. The van der Waals surface area contributed by atoms with Gasteiger partial charge in [0, 0.05) is 43.2 Å². The number of phenols is 1. The number of fused-ring (bicyclic) bond motifs is 3. The lowest BCUT2D eigenvalue weighted by atomic mass is 9.60. The monoisotopic (exact) mass is 542 g/mol. The second-order valence-corrected chi connectivity index (χ2v) is 11.6. The number of nitrogens with zero attached hydrogens (tertiary/aromatic N) is 1. The van der Waals surface area contributed by atoms with Crippen LogP contribution in [0.1, 0.15) is 49.5 Å². The summed E-state index contributed by atoms with van der Waals surface area (Å²) in [4.78, 5) is 53.1. The maximum atomic E-state index is 13.9. The highest BCUT2D eigenvalue weighted by Crippen LogP contribution is 2.53. The molecule has 1 aromatic carbocycles. The Morgan fingerprint density at radius 2 is 1.79 bits per heavy atom. The van der Waals surface area contributed by atoms with E-state index in [0.717, 1.165) is 0 Å². The Labute approximate surface area is 225 Å². The molecule has 8 N–H and O–H groups in total. The van der Waals surface area contributed by atoms with Crippen molar-refractivity contribution in [2.45, 2.75) is 51.2 Å². The molecule has 0 bridgehead atoms. The van der Waals surface area contributed by atoms with E-state index in [1.54, 1.807) is 25.1 Å². The van der Waals surface area contributed by atoms with Crippen LogP contribution in [0.3, 0.4) is 0 Å². The number of Topliss-reactive ketones (excluding diaryl/α,β-unsaturated/α-hetero) is 2. The molecule has 0 saturated carbocycles. The first-order valence-electron chi connectivity index (χ1n) is 12.6. The molecule has 3 aliphatic carbocycles. The smallest absolute Gasteiger partial charge is 0.255 e. The number of allylic oxidation sites excluding steroid dienone is 2. The van der Waals surface area contributed by atoms with E-state index in [4.69, 9.17) is 5.73 Å². The van der Waals surface area contributed by atoms with Crippen LogP contribution in [0.5, 0.6) is 5.75 Å². The van der Waals surface area contributed by atoms with Gasteiger partial charge in [0.15, 0.2) is 17.1 Å². The second-order valence-electron chi connectivity index (χ2n) is 11.6. The minimum Gasteiger partial charge on any atom is -0.511 e. The van der Waals surface area contributed by atoms with Crippen LogP contribution in [0.2, 0.25) is 0 Å². The van der Waals surface area contributed by atoms with E-state index in [2.05, 4.69) is 10.6 Å². The molecular weight excluding hydrogens is 508 g/mol. The first-order chi connectivity index (χ1) is 18.0. The van der Waals surface area contributed by atoms with Crippen LogP contribution >= 0.6 is 0 Å². The third kappa shape index (κ3) is 4.53. The number of rotatable bonds is 5. The number of nitrogens with two attached hydrogens (primary N) is 1. The number of nitrogens with one attached hydrogen (secondary N) is 2. The second kappa shape index (κ2) is 9.38. The summed E-state index contributed by atoms with van der Waals surface area (Å²) in [6.07, 6.45) is -0.0997. The Balaban J connectivity index is 1.82. The predicted octanol–water partition coefficient (Wildman–Crippen LogP) is 0.973. The molecule has 3 aliphatic rings. The molecule has 210 valence electrons. The van der Waals surface area contributed by atoms with Gasteiger partial charge in [-0.1, -0.05) is 0 Å². The Morgan fingerprint density at radius 3 is 2.36 bits per heavy atom. The number of carbonyl (C=O) groups excluding carboxylic acids is 4. The van der Waals surface area contributed by atoms with E-state index >= 15 is 0 Å². The Bertz CT molecular complexity index is 1370. The van der Waals surface area contributed by atoms with Crippen molar-refractivity contribution < 1.29 is 39.6 Å². The summed E-state index contributed by atoms with van der Waals surface area (Å²) in [5.74, 6) is -7.50. The number of carbonyl (C=O) groups is 4. The van der Waals surface area contributed by atoms with Crippen LogP contribution in [0.15, 0.2) is 28.7 Å². The number of amides is 2. The van der Waals surface area contributed by atoms with Gasteiger partial charge in [0.2, 0.25) is 11.7 Å². The van der Waals surface area contributed by atoms with Gasteiger partial charge in [0.25, 0.3) is 5.91 Å². The van der Waals surface area contributed by atoms with Gasteiger partial charge in [0.05, 0.1) is 17.8 Å². The van der Waals surface area contributed by atoms with Crippen molar-refractivity contribution in [3.8, 4) is 5.75 Å². The summed E-state index contributed by atoms with van der Waals surface area (Å²) in [5.41, 5.74) is 2.00. The van der Waals surface area contributed by atoms with Gasteiger partial charge >= 0.3 is 0 Å². The fraction of sp³-hybridized carbons (Fsp3) is 0.481. The number of primary amides is 1. The van der Waals surface area contributed by atoms with Crippen LogP contribution < -0.4 is 21.3 Å². The molecule has 0 spiro atoms. The maximum Gasteiger partial charge on any atom is 0.255 e. The molecule has 4 rings (SSSR count). The van der Waals surface area contributed by atoms with Crippen LogP contribution in [0.25, 0.3) is 0 Å². The normalized spacial score (nSPS) is 24.7. The molecule has 12 nitrogen and oxygen atoms in total. The highest BCUT2D eigenvalue weighted by Gasteiger charge is 2.59. The zero-order chi connectivity index (χ0) is 29.2. The minimum atomic E-state index is -2.64. The van der Waals surface area contributed by atoms with Crippen LogP contribution in [-0.4, -0.2) is 75.6 Å². The summed E-state index contributed by atoms with van der Waals surface area (Å²) >= 11 is 0. The number of aliphatic hydroxyl groups is 3. The summed E-state index contributed by atoms with van der Waals surface area (Å²) < 4.78 is 0. The van der Waals surface area contributed by atoms with Gasteiger partial charge < -0.3 is 41.7 Å². The van der Waals surface area contributed by atoms with E-state index in [-0.39, 0.29) is 48.2 Å². The number of phenolic OH excluding ortho intramolecular Hbond substituents is 1. The number of benzene rings is 1. The number of ketones is 2. The molecule has 0 aromatic heterocycles. The molecule has 1 unspecified atom stereocenters. The molecule has 1 aromatic rings. The Kier molecular flexibility index (Phi) is 6.76. The lowest BCUT2D eigenvalue weighted by Crippen LogP contribution is -2.57. The standard InChI is InChI=1S/C27H34N4O8/c1-26(2,3)29-10-17(33)30-14-9-15(31(4)5)13-7-11-6-12-8-16(32)20(25(28)38)24(37)27(12,39)23(36)18(11)22(35)19(13)21(14)34/h9,11-12,29,32,34,36,39H,6-8,10H2,1-5H3,(H2,28,38)(H,30,33)/t11?,12-,27-/m0/s1. The minimum absolute atomic E-state index is 0.0185. The number of hydrogen-bond acceptors (Lipinski definition) is 10. The summed E-state index contributed by atoms with van der Waals surface area (Å²) in [7, 11) is 3.47. The Morgan fingerprint density at radius 1 is 1.15 bits per heavy atom. The third-order valence-electron chi connectivity index (χ3n) is 7.57. The lowest BCUT2D eigenvalue weighted by Gasteiger charge is -2.45. The largest absolute Gasteiger partial charge is 0.511 e. The van der Waals surface area contributed by atoms with Gasteiger partial charge in [-0.2, -0.15) is 0 Å². The maximum absolute atomic E-state index is 13.9. The van der Waals surface area contributed by atoms with Crippen molar-refractivity contribution in [1.82, 2.24) is 5.32 Å². The van der Waals surface area contributed by atoms with Crippen molar-refractivity contribution in [2.75, 3.05) is 30.9 Å². The molecule has 0 saturated heterocycles. The average Bonchev–Trinajstić information content (AvgIpc) is 2.80. The number of aromatic hydroxyl groups is 1. The van der Waals surface area contributed by atoms with Gasteiger partial charge in [-0.25, -0.2) is 0 Å². The highest BCUT2D eigenvalue weighted by atomic mass is 16.3. The number of anilines is 2. The van der Waals surface area contributed by atoms with Crippen molar-refractivity contribution in [1.29, 1.82) is 0 Å². The van der Waals surface area contributed by atoms with Crippen molar-refractivity contribution >= 4 is 34.8 Å². The fourth-order valence-electron chi connectivity index (χ4n) is 5.70. The quantitative estimate of drug-likeness (QED) is 0.207. The number of aliphatic hydroxyl groups excluding tert-OH is 2. The molecule has 12 heteroatoms. The molecule has 2 amide bonds. The van der Waals surface area contributed by atoms with E-state index in [0.29, 0.717) is 11.3 Å². The zero-order valence-corrected chi connectivity index (χ0v) is 22.5. The molecular formula is C27H34N4O8. The van der Waals surface area contributed by atoms with Crippen LogP contribution in [-0.2, 0) is 20.8 Å². The SMILES string of the molecule is CN(C)c1cc(NC(=O)CNC(C)(C)C)c(O)c2c1CC1C[C@H]3CC(O)=C(C(N)=O)C(=O)[C@@]3(O)C(O)=C1C2=O.